The summed E-state index contributed by atoms with van der Waals surface area (Å²) >= 11 is 11.8. The summed E-state index contributed by atoms with van der Waals surface area (Å²) in [6, 6.07) is 11.2. The summed E-state index contributed by atoms with van der Waals surface area (Å²) in [6.07, 6.45) is 0. The van der Waals surface area contributed by atoms with Crippen molar-refractivity contribution >= 4 is 40.8 Å². The molecule has 0 saturated carbocycles. The Morgan fingerprint density at radius 1 is 1.09 bits per heavy atom. The zero-order valence-corrected chi connectivity index (χ0v) is 13.2. The van der Waals surface area contributed by atoms with Crippen LogP contribution in [0, 0.1) is 0 Å². The van der Waals surface area contributed by atoms with Crippen LogP contribution >= 0.6 is 23.2 Å². The predicted molar refractivity (Wildman–Crippen MR) is 86.8 cm³/mol. The van der Waals surface area contributed by atoms with Crippen LogP contribution in [0.25, 0.3) is 0 Å². The van der Waals surface area contributed by atoms with Crippen molar-refractivity contribution in [1.29, 1.82) is 0 Å². The lowest BCUT2D eigenvalue weighted by Gasteiger charge is -2.11. The monoisotopic (exact) mass is 337 g/mol. The van der Waals surface area contributed by atoms with E-state index in [2.05, 4.69) is 5.32 Å². The number of esters is 1. The van der Waals surface area contributed by atoms with Crippen molar-refractivity contribution in [2.24, 2.45) is 0 Å². The van der Waals surface area contributed by atoms with E-state index in [9.17, 15) is 9.59 Å². The van der Waals surface area contributed by atoms with Gasteiger partial charge >= 0.3 is 5.97 Å². The van der Waals surface area contributed by atoms with Crippen LogP contribution in [0.1, 0.15) is 27.6 Å². The van der Waals surface area contributed by atoms with Gasteiger partial charge in [-0.2, -0.15) is 0 Å². The van der Waals surface area contributed by atoms with Crippen LogP contribution in [0.2, 0.25) is 10.0 Å². The largest absolute Gasteiger partial charge is 0.462 e. The number of rotatable bonds is 4. The van der Waals surface area contributed by atoms with E-state index in [0.717, 1.165) is 0 Å². The number of halogens is 2. The Hall–Kier alpha value is -2.04. The highest BCUT2D eigenvalue weighted by molar-refractivity contribution is 6.37. The molecular weight excluding hydrogens is 325 g/mol. The highest BCUT2D eigenvalue weighted by Gasteiger charge is 2.16. The average molecular weight is 338 g/mol. The number of carbonyl (C=O) groups is 2. The maximum atomic E-state index is 12.3. The zero-order valence-electron chi connectivity index (χ0n) is 11.7. The molecule has 0 aromatic heterocycles. The molecule has 0 aliphatic carbocycles. The summed E-state index contributed by atoms with van der Waals surface area (Å²) in [5.41, 5.74) is 0.907. The molecule has 4 nitrogen and oxygen atoms in total. The fraction of sp³-hybridized carbons (Fsp3) is 0.125. The Morgan fingerprint density at radius 3 is 2.50 bits per heavy atom. The Balaban J connectivity index is 2.27. The van der Waals surface area contributed by atoms with Gasteiger partial charge in [-0.1, -0.05) is 35.3 Å². The van der Waals surface area contributed by atoms with Crippen molar-refractivity contribution < 1.29 is 14.3 Å². The van der Waals surface area contributed by atoms with Crippen LogP contribution in [0.5, 0.6) is 0 Å². The summed E-state index contributed by atoms with van der Waals surface area (Å²) in [5.74, 6) is -0.931. The summed E-state index contributed by atoms with van der Waals surface area (Å²) < 4.78 is 4.96. The highest BCUT2D eigenvalue weighted by Crippen LogP contribution is 2.23. The second-order valence-electron chi connectivity index (χ2n) is 4.34. The fourth-order valence-electron chi connectivity index (χ4n) is 1.84. The highest BCUT2D eigenvalue weighted by atomic mass is 35.5. The number of hydrogen-bond donors (Lipinski definition) is 1. The standard InChI is InChI=1S/C16H13Cl2NO3/c1-2-22-16(21)12-5-3-4-6-14(12)19-15(20)11-8-7-10(17)9-13(11)18/h3-9H,2H2,1H3,(H,19,20). The predicted octanol–water partition coefficient (Wildman–Crippen LogP) is 4.42. The number of para-hydroxylation sites is 1. The molecule has 2 aromatic rings. The molecule has 1 amide bonds. The van der Waals surface area contributed by atoms with Crippen molar-refractivity contribution in [2.75, 3.05) is 11.9 Å². The molecule has 0 bridgehead atoms. The van der Waals surface area contributed by atoms with Crippen LogP contribution in [-0.4, -0.2) is 18.5 Å². The number of nitrogens with one attached hydrogen (secondary N) is 1. The number of benzene rings is 2. The topological polar surface area (TPSA) is 55.4 Å². The smallest absolute Gasteiger partial charge is 0.340 e. The molecule has 6 heteroatoms. The third-order valence-electron chi connectivity index (χ3n) is 2.85. The van der Waals surface area contributed by atoms with E-state index in [1.165, 1.54) is 12.1 Å². The minimum atomic E-state index is -0.499. The zero-order chi connectivity index (χ0) is 16.1. The number of carbonyl (C=O) groups excluding carboxylic acids is 2. The molecule has 2 rings (SSSR count). The first-order chi connectivity index (χ1) is 10.5. The lowest BCUT2D eigenvalue weighted by atomic mass is 10.1. The SMILES string of the molecule is CCOC(=O)c1ccccc1NC(=O)c1ccc(Cl)cc1Cl. The Bertz CT molecular complexity index is 716. The Kier molecular flexibility index (Phi) is 5.41. The van der Waals surface area contributed by atoms with E-state index >= 15 is 0 Å². The lowest BCUT2D eigenvalue weighted by molar-refractivity contribution is 0.0527. The van der Waals surface area contributed by atoms with Gasteiger partial charge in [0.15, 0.2) is 0 Å². The molecule has 22 heavy (non-hydrogen) atoms. The number of ether oxygens (including phenoxy) is 1. The normalized spacial score (nSPS) is 10.1. The van der Waals surface area contributed by atoms with Gasteiger partial charge in [-0.05, 0) is 37.3 Å². The average Bonchev–Trinajstić information content (AvgIpc) is 2.47. The van der Waals surface area contributed by atoms with Crippen LogP contribution in [0.15, 0.2) is 42.5 Å². The summed E-state index contributed by atoms with van der Waals surface area (Å²) in [7, 11) is 0. The molecule has 0 atom stereocenters. The van der Waals surface area contributed by atoms with E-state index in [4.69, 9.17) is 27.9 Å². The number of anilines is 1. The van der Waals surface area contributed by atoms with Crippen LogP contribution in [0.4, 0.5) is 5.69 Å². The van der Waals surface area contributed by atoms with Crippen LogP contribution in [0.3, 0.4) is 0 Å². The lowest BCUT2D eigenvalue weighted by Crippen LogP contribution is -2.16. The van der Waals surface area contributed by atoms with E-state index in [1.54, 1.807) is 37.3 Å². The molecule has 0 fully saturated rings. The summed E-state index contributed by atoms with van der Waals surface area (Å²) in [6.45, 7) is 1.97. The first-order valence-corrected chi connectivity index (χ1v) is 7.31. The van der Waals surface area contributed by atoms with Gasteiger partial charge in [-0.3, -0.25) is 4.79 Å². The van der Waals surface area contributed by atoms with Gasteiger partial charge in [0.05, 0.1) is 28.4 Å². The van der Waals surface area contributed by atoms with Gasteiger partial charge < -0.3 is 10.1 Å². The van der Waals surface area contributed by atoms with E-state index in [0.29, 0.717) is 10.7 Å². The molecule has 0 unspecified atom stereocenters. The maximum absolute atomic E-state index is 12.3. The van der Waals surface area contributed by atoms with E-state index in [1.807, 2.05) is 0 Å². The molecule has 0 aliphatic heterocycles. The first kappa shape index (κ1) is 16.3. The molecule has 0 aliphatic rings. The molecule has 0 heterocycles. The summed E-state index contributed by atoms with van der Waals surface area (Å²) in [4.78, 5) is 24.2. The second-order valence-corrected chi connectivity index (χ2v) is 5.19. The number of amides is 1. The molecule has 2 aromatic carbocycles. The Labute approximate surface area is 138 Å². The van der Waals surface area contributed by atoms with Gasteiger partial charge in [-0.25, -0.2) is 4.79 Å². The second kappa shape index (κ2) is 7.29. The minimum Gasteiger partial charge on any atom is -0.462 e. The summed E-state index contributed by atoms with van der Waals surface area (Å²) in [5, 5.41) is 3.33. The maximum Gasteiger partial charge on any atom is 0.340 e. The van der Waals surface area contributed by atoms with Crippen LogP contribution in [-0.2, 0) is 4.74 Å². The minimum absolute atomic E-state index is 0.235. The molecule has 1 N–H and O–H groups in total. The fourth-order valence-corrected chi connectivity index (χ4v) is 2.34. The molecule has 114 valence electrons. The molecule has 0 radical (unpaired) electrons. The molecule has 0 saturated heterocycles. The third-order valence-corrected chi connectivity index (χ3v) is 3.39. The Morgan fingerprint density at radius 2 is 1.82 bits per heavy atom. The van der Waals surface area contributed by atoms with Gasteiger partial charge in [0, 0.05) is 5.02 Å². The number of hydrogen-bond acceptors (Lipinski definition) is 3. The van der Waals surface area contributed by atoms with Crippen molar-refractivity contribution in [1.82, 2.24) is 0 Å². The van der Waals surface area contributed by atoms with Gasteiger partial charge in [-0.15, -0.1) is 0 Å². The quantitative estimate of drug-likeness (QED) is 0.840. The van der Waals surface area contributed by atoms with E-state index < -0.39 is 11.9 Å². The van der Waals surface area contributed by atoms with Gasteiger partial charge in [0.1, 0.15) is 0 Å². The van der Waals surface area contributed by atoms with Crippen LogP contribution < -0.4 is 5.32 Å². The molecule has 0 spiro atoms. The molecular formula is C16H13Cl2NO3. The van der Waals surface area contributed by atoms with Crippen molar-refractivity contribution in [3.8, 4) is 0 Å². The third kappa shape index (κ3) is 3.78. The van der Waals surface area contributed by atoms with Gasteiger partial charge in [0.25, 0.3) is 5.91 Å². The van der Waals surface area contributed by atoms with E-state index in [-0.39, 0.29) is 22.8 Å². The van der Waals surface area contributed by atoms with Crippen molar-refractivity contribution in [3.63, 3.8) is 0 Å². The van der Waals surface area contributed by atoms with Crippen molar-refractivity contribution in [2.45, 2.75) is 6.92 Å². The first-order valence-electron chi connectivity index (χ1n) is 6.55. The van der Waals surface area contributed by atoms with Crippen molar-refractivity contribution in [3.05, 3.63) is 63.6 Å². The van der Waals surface area contributed by atoms with Gasteiger partial charge in [0.2, 0.25) is 0 Å².